The molecule has 19 heavy (non-hydrogen) atoms. The first-order valence-corrected chi connectivity index (χ1v) is 6.53. The van der Waals surface area contributed by atoms with Gasteiger partial charge >= 0.3 is 0 Å². The van der Waals surface area contributed by atoms with E-state index in [4.69, 9.17) is 0 Å². The first-order chi connectivity index (χ1) is 9.06. The Kier molecular flexibility index (Phi) is 2.67. The number of aryl methyl sites for hydroxylation is 3. The van der Waals surface area contributed by atoms with Crippen LogP contribution in [-0.2, 0) is 6.42 Å². The van der Waals surface area contributed by atoms with E-state index in [0.717, 1.165) is 33.4 Å². The van der Waals surface area contributed by atoms with Gasteiger partial charge in [-0.3, -0.25) is 4.79 Å². The molecule has 0 aromatic heterocycles. The SMILES string of the molecule is Cc1ccc2c(c1)C(=O)CCc1cc(O)c(C)cc1-2. The first kappa shape index (κ1) is 12.0. The fourth-order valence-electron chi connectivity index (χ4n) is 2.70. The Morgan fingerprint density at radius 3 is 2.53 bits per heavy atom. The molecular weight excluding hydrogens is 236 g/mol. The van der Waals surface area contributed by atoms with E-state index in [0.29, 0.717) is 18.6 Å². The van der Waals surface area contributed by atoms with Gasteiger partial charge < -0.3 is 5.11 Å². The second-order valence-electron chi connectivity index (χ2n) is 5.27. The number of Topliss-reactive ketones (excluding diaryl/α,β-unsaturated/α-hetero) is 1. The summed E-state index contributed by atoms with van der Waals surface area (Å²) < 4.78 is 0. The van der Waals surface area contributed by atoms with Gasteiger partial charge in [-0.1, -0.05) is 17.7 Å². The van der Waals surface area contributed by atoms with E-state index in [-0.39, 0.29) is 5.78 Å². The Bertz CT molecular complexity index is 684. The number of carbonyl (C=O) groups excluding carboxylic acids is 1. The largest absolute Gasteiger partial charge is 0.508 e. The number of carbonyl (C=O) groups is 1. The molecule has 2 nitrogen and oxygen atoms in total. The number of hydrogen-bond acceptors (Lipinski definition) is 2. The van der Waals surface area contributed by atoms with Gasteiger partial charge in [0.1, 0.15) is 5.75 Å². The number of phenols is 1. The molecule has 0 heterocycles. The van der Waals surface area contributed by atoms with Gasteiger partial charge in [0, 0.05) is 12.0 Å². The van der Waals surface area contributed by atoms with Crippen LogP contribution in [0.3, 0.4) is 0 Å². The average molecular weight is 252 g/mol. The molecule has 0 amide bonds. The lowest BCUT2D eigenvalue weighted by atomic mass is 9.93. The molecule has 0 unspecified atom stereocenters. The standard InChI is InChI=1S/C17H16O2/c1-10-3-5-13-14-8-11(2)17(19)9-12(14)4-6-16(18)15(13)7-10/h3,5,7-9,19H,4,6H2,1-2H3. The highest BCUT2D eigenvalue weighted by Crippen LogP contribution is 2.36. The molecule has 1 aliphatic rings. The lowest BCUT2D eigenvalue weighted by Gasteiger charge is -2.11. The van der Waals surface area contributed by atoms with E-state index < -0.39 is 0 Å². The molecule has 0 bridgehead atoms. The van der Waals surface area contributed by atoms with E-state index in [1.54, 1.807) is 6.07 Å². The minimum Gasteiger partial charge on any atom is -0.508 e. The van der Waals surface area contributed by atoms with Crippen LogP contribution in [0.1, 0.15) is 33.5 Å². The molecule has 1 aliphatic carbocycles. The van der Waals surface area contributed by atoms with Crippen LogP contribution >= 0.6 is 0 Å². The molecule has 0 radical (unpaired) electrons. The third kappa shape index (κ3) is 1.93. The van der Waals surface area contributed by atoms with E-state index in [9.17, 15) is 9.90 Å². The fourth-order valence-corrected chi connectivity index (χ4v) is 2.70. The topological polar surface area (TPSA) is 37.3 Å². The van der Waals surface area contributed by atoms with Crippen molar-refractivity contribution >= 4 is 5.78 Å². The molecule has 0 aliphatic heterocycles. The van der Waals surface area contributed by atoms with Crippen molar-refractivity contribution in [2.45, 2.75) is 26.7 Å². The molecule has 0 saturated heterocycles. The summed E-state index contributed by atoms with van der Waals surface area (Å²) in [5.41, 5.74) is 5.89. The molecule has 2 heteroatoms. The average Bonchev–Trinajstić information content (AvgIpc) is 2.50. The Morgan fingerprint density at radius 1 is 0.947 bits per heavy atom. The van der Waals surface area contributed by atoms with Crippen molar-refractivity contribution in [3.05, 3.63) is 52.6 Å². The second kappa shape index (κ2) is 4.23. The molecule has 3 rings (SSSR count). The lowest BCUT2D eigenvalue weighted by Crippen LogP contribution is -1.99. The second-order valence-corrected chi connectivity index (χ2v) is 5.27. The molecule has 0 fully saturated rings. The van der Waals surface area contributed by atoms with Crippen molar-refractivity contribution < 1.29 is 9.90 Å². The van der Waals surface area contributed by atoms with Gasteiger partial charge in [0.2, 0.25) is 0 Å². The fraction of sp³-hybridized carbons (Fsp3) is 0.235. The number of phenolic OH excluding ortho intramolecular Hbond substituents is 1. The van der Waals surface area contributed by atoms with Crippen molar-refractivity contribution in [2.75, 3.05) is 0 Å². The zero-order valence-electron chi connectivity index (χ0n) is 11.2. The normalized spacial score (nSPS) is 13.7. The minimum atomic E-state index is 0.187. The summed E-state index contributed by atoms with van der Waals surface area (Å²) in [6, 6.07) is 9.80. The van der Waals surface area contributed by atoms with Crippen LogP contribution in [0.2, 0.25) is 0 Å². The molecule has 1 N–H and O–H groups in total. The number of benzene rings is 2. The zero-order chi connectivity index (χ0) is 13.6. The predicted molar refractivity (Wildman–Crippen MR) is 75.7 cm³/mol. The van der Waals surface area contributed by atoms with Gasteiger partial charge in [-0.15, -0.1) is 0 Å². The zero-order valence-corrected chi connectivity index (χ0v) is 11.2. The minimum absolute atomic E-state index is 0.187. The van der Waals surface area contributed by atoms with Crippen LogP contribution in [0.4, 0.5) is 0 Å². The van der Waals surface area contributed by atoms with Crippen LogP contribution in [0.5, 0.6) is 5.75 Å². The lowest BCUT2D eigenvalue weighted by molar-refractivity contribution is 0.0984. The van der Waals surface area contributed by atoms with Crippen molar-refractivity contribution in [1.29, 1.82) is 0 Å². The van der Waals surface area contributed by atoms with Crippen LogP contribution in [0.25, 0.3) is 11.1 Å². The van der Waals surface area contributed by atoms with E-state index in [1.165, 1.54) is 0 Å². The third-order valence-electron chi connectivity index (χ3n) is 3.81. The summed E-state index contributed by atoms with van der Waals surface area (Å²) in [7, 11) is 0. The highest BCUT2D eigenvalue weighted by Gasteiger charge is 2.21. The summed E-state index contributed by atoms with van der Waals surface area (Å²) >= 11 is 0. The summed E-state index contributed by atoms with van der Waals surface area (Å²) in [4.78, 5) is 12.2. The van der Waals surface area contributed by atoms with Gasteiger partial charge in [-0.25, -0.2) is 0 Å². The molecule has 0 spiro atoms. The number of hydrogen-bond donors (Lipinski definition) is 1. The molecule has 96 valence electrons. The van der Waals surface area contributed by atoms with Crippen molar-refractivity contribution in [1.82, 2.24) is 0 Å². The van der Waals surface area contributed by atoms with Crippen LogP contribution in [0.15, 0.2) is 30.3 Å². The summed E-state index contributed by atoms with van der Waals surface area (Å²) in [6.45, 7) is 3.89. The van der Waals surface area contributed by atoms with Crippen LogP contribution in [-0.4, -0.2) is 10.9 Å². The van der Waals surface area contributed by atoms with Gasteiger partial charge in [0.25, 0.3) is 0 Å². The number of rotatable bonds is 0. The Balaban J connectivity index is 2.32. The maximum absolute atomic E-state index is 12.2. The quantitative estimate of drug-likeness (QED) is 0.774. The first-order valence-electron chi connectivity index (χ1n) is 6.53. The molecule has 0 atom stereocenters. The Hall–Kier alpha value is -2.09. The highest BCUT2D eigenvalue weighted by molar-refractivity contribution is 6.04. The maximum Gasteiger partial charge on any atom is 0.163 e. The van der Waals surface area contributed by atoms with Crippen LogP contribution < -0.4 is 0 Å². The van der Waals surface area contributed by atoms with Gasteiger partial charge in [0.05, 0.1) is 0 Å². The molecule has 2 aromatic rings. The smallest absolute Gasteiger partial charge is 0.163 e. The number of ketones is 1. The van der Waals surface area contributed by atoms with Crippen molar-refractivity contribution in [2.24, 2.45) is 0 Å². The van der Waals surface area contributed by atoms with Crippen LogP contribution in [0, 0.1) is 13.8 Å². The van der Waals surface area contributed by atoms with Gasteiger partial charge in [-0.2, -0.15) is 0 Å². The number of aromatic hydroxyl groups is 1. The molecule has 0 saturated carbocycles. The highest BCUT2D eigenvalue weighted by atomic mass is 16.3. The van der Waals surface area contributed by atoms with E-state index >= 15 is 0 Å². The molecule has 2 aromatic carbocycles. The summed E-state index contributed by atoms with van der Waals surface area (Å²) in [5, 5.41) is 9.84. The monoisotopic (exact) mass is 252 g/mol. The van der Waals surface area contributed by atoms with E-state index in [1.807, 2.05) is 38.1 Å². The maximum atomic E-state index is 12.2. The summed E-state index contributed by atoms with van der Waals surface area (Å²) in [6.07, 6.45) is 1.20. The molecular formula is C17H16O2. The van der Waals surface area contributed by atoms with Gasteiger partial charge in [-0.05, 0) is 60.7 Å². The Morgan fingerprint density at radius 2 is 1.74 bits per heavy atom. The van der Waals surface area contributed by atoms with Crippen molar-refractivity contribution in [3.8, 4) is 16.9 Å². The van der Waals surface area contributed by atoms with Gasteiger partial charge in [0.15, 0.2) is 5.78 Å². The Labute approximate surface area is 112 Å². The van der Waals surface area contributed by atoms with Crippen molar-refractivity contribution in [3.63, 3.8) is 0 Å². The predicted octanol–water partition coefficient (Wildman–Crippen LogP) is 3.80. The number of fused-ring (bicyclic) bond motifs is 3. The summed E-state index contributed by atoms with van der Waals surface area (Å²) in [5.74, 6) is 0.494. The van der Waals surface area contributed by atoms with E-state index in [2.05, 4.69) is 0 Å². The third-order valence-corrected chi connectivity index (χ3v) is 3.81.